The fourth-order valence-electron chi connectivity index (χ4n) is 1.24. The van der Waals surface area contributed by atoms with Gasteiger partial charge in [-0.3, -0.25) is 4.79 Å². The molecule has 1 aliphatic rings. The van der Waals surface area contributed by atoms with Gasteiger partial charge in [-0.05, 0) is 5.21 Å². The number of hydrogen-bond acceptors (Lipinski definition) is 5. The topological polar surface area (TPSA) is 75.9 Å². The van der Waals surface area contributed by atoms with Crippen LogP contribution in [0, 0.1) is 0 Å². The number of likely N-dealkylation sites (N-methyl/N-ethyl adjacent to an activating group) is 1. The number of nitrogens with one attached hydrogen (secondary N) is 1. The molecule has 1 N–H and O–H groups in total. The summed E-state index contributed by atoms with van der Waals surface area (Å²) in [6.45, 7) is 1.67. The summed E-state index contributed by atoms with van der Waals surface area (Å²) in [5.41, 5.74) is 0. The van der Waals surface area contributed by atoms with E-state index in [4.69, 9.17) is 0 Å². The van der Waals surface area contributed by atoms with E-state index in [-0.39, 0.29) is 17.8 Å². The Morgan fingerprint density at radius 2 is 2.36 bits per heavy atom. The molecule has 0 spiro atoms. The molecule has 1 saturated heterocycles. The van der Waals surface area contributed by atoms with Crippen LogP contribution in [-0.2, 0) is 7.05 Å². The van der Waals surface area contributed by atoms with Gasteiger partial charge in [0, 0.05) is 20.1 Å². The van der Waals surface area contributed by atoms with Crippen molar-refractivity contribution in [1.29, 1.82) is 0 Å². The van der Waals surface area contributed by atoms with Crippen LogP contribution < -0.4 is 5.32 Å². The molecule has 1 fully saturated rings. The lowest BCUT2D eigenvalue weighted by molar-refractivity contribution is 0.0668. The number of aryl methyl sites for hydroxylation is 1. The molecule has 0 unspecified atom stereocenters. The molecule has 1 aromatic heterocycles. The molecule has 0 radical (unpaired) electrons. The number of carbonyl (C=O) groups is 1. The molecule has 1 aliphatic heterocycles. The molecule has 2 heterocycles. The van der Waals surface area contributed by atoms with Crippen molar-refractivity contribution in [2.75, 3.05) is 20.1 Å². The average molecular weight is 196 g/mol. The molecular formula is C7H12N6O. The van der Waals surface area contributed by atoms with E-state index in [9.17, 15) is 4.79 Å². The molecule has 1 aromatic rings. The van der Waals surface area contributed by atoms with Gasteiger partial charge in [-0.15, -0.1) is 10.2 Å². The molecular weight excluding hydrogens is 184 g/mol. The summed E-state index contributed by atoms with van der Waals surface area (Å²) >= 11 is 0. The zero-order valence-corrected chi connectivity index (χ0v) is 8.14. The highest BCUT2D eigenvalue weighted by Gasteiger charge is 2.28. The van der Waals surface area contributed by atoms with Crippen LogP contribution in [-0.4, -0.2) is 57.2 Å². The summed E-state index contributed by atoms with van der Waals surface area (Å²) in [6.07, 6.45) is 0. The predicted molar refractivity (Wildman–Crippen MR) is 47.5 cm³/mol. The number of nitrogens with zero attached hydrogens (tertiary/aromatic N) is 5. The minimum absolute atomic E-state index is 0.155. The number of aromatic nitrogens is 4. The van der Waals surface area contributed by atoms with Crippen LogP contribution in [0.5, 0.6) is 0 Å². The van der Waals surface area contributed by atoms with Crippen LogP contribution in [0.3, 0.4) is 0 Å². The van der Waals surface area contributed by atoms with Crippen LogP contribution in [0.1, 0.15) is 10.6 Å². The molecule has 0 saturated carbocycles. The monoisotopic (exact) mass is 196 g/mol. The Kier molecular flexibility index (Phi) is 2.16. The SMILES string of the molecule is CN(C(=O)c1nnn(C)n1)C1CNC1. The lowest BCUT2D eigenvalue weighted by Gasteiger charge is -2.34. The molecule has 76 valence electrons. The van der Waals surface area contributed by atoms with Gasteiger partial charge in [0.25, 0.3) is 11.7 Å². The number of hydrogen-bond donors (Lipinski definition) is 1. The molecule has 7 heteroatoms. The second-order valence-corrected chi connectivity index (χ2v) is 3.33. The van der Waals surface area contributed by atoms with Crippen molar-refractivity contribution in [3.8, 4) is 0 Å². The molecule has 1 amide bonds. The van der Waals surface area contributed by atoms with E-state index in [0.717, 1.165) is 13.1 Å². The first-order chi connectivity index (χ1) is 6.68. The van der Waals surface area contributed by atoms with Crippen LogP contribution in [0.2, 0.25) is 0 Å². The van der Waals surface area contributed by atoms with E-state index in [0.29, 0.717) is 0 Å². The summed E-state index contributed by atoms with van der Waals surface area (Å²) in [5.74, 6) is -0.0218. The van der Waals surface area contributed by atoms with Crippen LogP contribution >= 0.6 is 0 Å². The number of tetrazole rings is 1. The Balaban J connectivity index is 2.07. The standard InChI is InChI=1S/C7H12N6O/c1-12(5-3-8-4-5)7(14)6-9-11-13(2)10-6/h5,8H,3-4H2,1-2H3. The van der Waals surface area contributed by atoms with Gasteiger partial charge >= 0.3 is 0 Å². The molecule has 14 heavy (non-hydrogen) atoms. The van der Waals surface area contributed by atoms with Gasteiger partial charge in [0.1, 0.15) is 0 Å². The van der Waals surface area contributed by atoms with Gasteiger partial charge in [0.15, 0.2) is 0 Å². The highest BCUT2D eigenvalue weighted by molar-refractivity contribution is 5.90. The van der Waals surface area contributed by atoms with Gasteiger partial charge in [0.2, 0.25) is 0 Å². The minimum Gasteiger partial charge on any atom is -0.333 e. The van der Waals surface area contributed by atoms with Crippen molar-refractivity contribution in [2.45, 2.75) is 6.04 Å². The maximum atomic E-state index is 11.7. The van der Waals surface area contributed by atoms with Gasteiger partial charge in [-0.1, -0.05) is 0 Å². The van der Waals surface area contributed by atoms with Gasteiger partial charge in [-0.25, -0.2) is 0 Å². The Hall–Kier alpha value is -1.50. The molecule has 0 bridgehead atoms. The first-order valence-corrected chi connectivity index (χ1v) is 4.40. The quantitative estimate of drug-likeness (QED) is 0.607. The normalized spacial score (nSPS) is 16.4. The van der Waals surface area contributed by atoms with Crippen molar-refractivity contribution in [2.24, 2.45) is 7.05 Å². The van der Waals surface area contributed by atoms with Crippen LogP contribution in [0.15, 0.2) is 0 Å². The third-order valence-electron chi connectivity index (χ3n) is 2.33. The molecule has 0 aliphatic carbocycles. The highest BCUT2D eigenvalue weighted by atomic mass is 16.2. The van der Waals surface area contributed by atoms with Crippen LogP contribution in [0.4, 0.5) is 0 Å². The van der Waals surface area contributed by atoms with Crippen molar-refractivity contribution in [3.63, 3.8) is 0 Å². The second-order valence-electron chi connectivity index (χ2n) is 3.33. The molecule has 2 rings (SSSR count). The second kappa shape index (κ2) is 3.33. The summed E-state index contributed by atoms with van der Waals surface area (Å²) in [6, 6.07) is 0.256. The number of rotatable bonds is 2. The highest BCUT2D eigenvalue weighted by Crippen LogP contribution is 2.05. The predicted octanol–water partition coefficient (Wildman–Crippen LogP) is -1.75. The third-order valence-corrected chi connectivity index (χ3v) is 2.33. The fourth-order valence-corrected chi connectivity index (χ4v) is 1.24. The van der Waals surface area contributed by atoms with E-state index in [1.165, 1.54) is 4.80 Å². The van der Waals surface area contributed by atoms with Crippen molar-refractivity contribution < 1.29 is 4.79 Å². The maximum Gasteiger partial charge on any atom is 0.295 e. The molecule has 7 nitrogen and oxygen atoms in total. The van der Waals surface area contributed by atoms with Crippen molar-refractivity contribution >= 4 is 5.91 Å². The van der Waals surface area contributed by atoms with Gasteiger partial charge < -0.3 is 10.2 Å². The van der Waals surface area contributed by atoms with Crippen molar-refractivity contribution in [3.05, 3.63) is 5.82 Å². The smallest absolute Gasteiger partial charge is 0.295 e. The average Bonchev–Trinajstić information content (AvgIpc) is 2.47. The first kappa shape index (κ1) is 9.07. The molecule has 0 atom stereocenters. The number of amides is 1. The third kappa shape index (κ3) is 1.46. The minimum atomic E-state index is -0.176. The zero-order chi connectivity index (χ0) is 10.1. The van der Waals surface area contributed by atoms with Crippen molar-refractivity contribution in [1.82, 2.24) is 30.4 Å². The van der Waals surface area contributed by atoms with E-state index in [1.54, 1.807) is 19.0 Å². The van der Waals surface area contributed by atoms with E-state index >= 15 is 0 Å². The van der Waals surface area contributed by atoms with Gasteiger partial charge in [-0.2, -0.15) is 4.80 Å². The van der Waals surface area contributed by atoms with E-state index in [2.05, 4.69) is 20.7 Å². The van der Waals surface area contributed by atoms with Crippen LogP contribution in [0.25, 0.3) is 0 Å². The summed E-state index contributed by atoms with van der Waals surface area (Å²) < 4.78 is 0. The Morgan fingerprint density at radius 1 is 1.64 bits per heavy atom. The maximum absolute atomic E-state index is 11.7. The number of carbonyl (C=O) groups excluding carboxylic acids is 1. The van der Waals surface area contributed by atoms with E-state index in [1.807, 2.05) is 0 Å². The fraction of sp³-hybridized carbons (Fsp3) is 0.714. The summed E-state index contributed by atoms with van der Waals surface area (Å²) in [5, 5.41) is 14.2. The van der Waals surface area contributed by atoms with Gasteiger partial charge in [0.05, 0.1) is 13.1 Å². The summed E-state index contributed by atoms with van der Waals surface area (Å²) in [4.78, 5) is 14.6. The first-order valence-electron chi connectivity index (χ1n) is 4.40. The Bertz CT molecular complexity index is 344. The zero-order valence-electron chi connectivity index (χ0n) is 8.14. The lowest BCUT2D eigenvalue weighted by Crippen LogP contribution is -2.57. The molecule has 0 aromatic carbocycles. The van der Waals surface area contributed by atoms with E-state index < -0.39 is 0 Å². The summed E-state index contributed by atoms with van der Waals surface area (Å²) in [7, 11) is 3.39. The Morgan fingerprint density at radius 3 is 2.79 bits per heavy atom. The lowest BCUT2D eigenvalue weighted by atomic mass is 10.1. The largest absolute Gasteiger partial charge is 0.333 e. The Labute approximate surface area is 81.1 Å².